The summed E-state index contributed by atoms with van der Waals surface area (Å²) >= 11 is 6.34. The van der Waals surface area contributed by atoms with Crippen molar-refractivity contribution in [3.63, 3.8) is 0 Å². The lowest BCUT2D eigenvalue weighted by Crippen LogP contribution is -2.44. The number of aromatic nitrogens is 1. The second-order valence-electron chi connectivity index (χ2n) is 7.90. The number of carbonyl (C=O) groups is 1. The number of hydrogen-bond donors (Lipinski definition) is 0. The van der Waals surface area contributed by atoms with Crippen molar-refractivity contribution >= 4 is 28.6 Å². The lowest BCUT2D eigenvalue weighted by molar-refractivity contribution is 0.0124. The normalized spacial score (nSPS) is 15.1. The van der Waals surface area contributed by atoms with Gasteiger partial charge >= 0.3 is 6.09 Å². The highest BCUT2D eigenvalue weighted by Gasteiger charge is 2.28. The molecular formula is C21H24ClN3O4. The van der Waals surface area contributed by atoms with E-state index in [-0.39, 0.29) is 12.2 Å². The van der Waals surface area contributed by atoms with Gasteiger partial charge in [0.15, 0.2) is 11.5 Å². The van der Waals surface area contributed by atoms with E-state index in [9.17, 15) is 10.1 Å². The van der Waals surface area contributed by atoms with Crippen LogP contribution >= 0.6 is 11.6 Å². The van der Waals surface area contributed by atoms with Gasteiger partial charge < -0.3 is 19.1 Å². The summed E-state index contributed by atoms with van der Waals surface area (Å²) in [6.45, 7) is 6.66. The Morgan fingerprint density at radius 2 is 1.97 bits per heavy atom. The number of ether oxygens (including phenoxy) is 3. The topological polar surface area (TPSA) is 84.7 Å². The molecule has 0 N–H and O–H groups in total. The largest absolute Gasteiger partial charge is 0.493 e. The number of nitrogens with zero attached hydrogens (tertiary/aromatic N) is 3. The molecule has 154 valence electrons. The molecule has 1 aromatic heterocycles. The predicted octanol–water partition coefficient (Wildman–Crippen LogP) is 4.55. The van der Waals surface area contributed by atoms with E-state index in [1.807, 2.05) is 26.8 Å². The van der Waals surface area contributed by atoms with Gasteiger partial charge in [-0.15, -0.1) is 0 Å². The molecule has 1 aliphatic rings. The van der Waals surface area contributed by atoms with Gasteiger partial charge in [-0.2, -0.15) is 5.26 Å². The van der Waals surface area contributed by atoms with Crippen LogP contribution in [-0.4, -0.2) is 47.9 Å². The highest BCUT2D eigenvalue weighted by atomic mass is 35.5. The fourth-order valence-electron chi connectivity index (χ4n) is 3.16. The summed E-state index contributed by atoms with van der Waals surface area (Å²) in [6.07, 6.45) is 2.40. The zero-order chi connectivity index (χ0) is 21.2. The van der Waals surface area contributed by atoms with E-state index in [1.54, 1.807) is 24.1 Å². The number of benzene rings is 1. The molecule has 1 aromatic carbocycles. The SMILES string of the molecule is COc1cc2ncc(C#N)c(Cl)c2cc1OC1CCN(C(=O)OC(C)(C)C)CC1. The molecule has 2 heterocycles. The smallest absolute Gasteiger partial charge is 0.410 e. The molecule has 1 amide bonds. The fourth-order valence-corrected chi connectivity index (χ4v) is 3.40. The zero-order valence-corrected chi connectivity index (χ0v) is 17.7. The summed E-state index contributed by atoms with van der Waals surface area (Å²) in [7, 11) is 1.56. The second-order valence-corrected chi connectivity index (χ2v) is 8.28. The van der Waals surface area contributed by atoms with E-state index in [2.05, 4.69) is 4.98 Å². The highest BCUT2D eigenvalue weighted by Crippen LogP contribution is 2.37. The van der Waals surface area contributed by atoms with Gasteiger partial charge in [0.2, 0.25) is 0 Å². The Bertz CT molecular complexity index is 957. The summed E-state index contributed by atoms with van der Waals surface area (Å²) in [4.78, 5) is 18.2. The van der Waals surface area contributed by atoms with Gasteiger partial charge in [-0.05, 0) is 26.8 Å². The Labute approximate surface area is 175 Å². The lowest BCUT2D eigenvalue weighted by Gasteiger charge is -2.33. The number of fused-ring (bicyclic) bond motifs is 1. The molecule has 0 radical (unpaired) electrons. The number of methoxy groups -OCH3 is 1. The minimum absolute atomic E-state index is 0.0779. The molecule has 29 heavy (non-hydrogen) atoms. The quantitative estimate of drug-likeness (QED) is 0.728. The van der Waals surface area contributed by atoms with Crippen LogP contribution in [0.4, 0.5) is 4.79 Å². The highest BCUT2D eigenvalue weighted by molar-refractivity contribution is 6.36. The fraction of sp³-hybridized carbons (Fsp3) is 0.476. The number of amides is 1. The minimum Gasteiger partial charge on any atom is -0.493 e. The van der Waals surface area contributed by atoms with Crippen LogP contribution in [0.2, 0.25) is 5.02 Å². The van der Waals surface area contributed by atoms with Crippen molar-refractivity contribution in [3.8, 4) is 17.6 Å². The van der Waals surface area contributed by atoms with E-state index in [4.69, 9.17) is 25.8 Å². The van der Waals surface area contributed by atoms with Crippen molar-refractivity contribution in [1.29, 1.82) is 5.26 Å². The standard InChI is InChI=1S/C21H24ClN3O4/c1-21(2,3)29-20(26)25-7-5-14(6-8-25)28-18-9-15-16(10-17(18)27-4)24-12-13(11-23)19(15)22/h9-10,12,14H,5-8H2,1-4H3. The molecule has 0 aliphatic carbocycles. The Balaban J connectivity index is 1.74. The number of nitriles is 1. The van der Waals surface area contributed by atoms with Crippen LogP contribution in [0.1, 0.15) is 39.2 Å². The average Bonchev–Trinajstić information content (AvgIpc) is 2.67. The Hall–Kier alpha value is -2.72. The van der Waals surface area contributed by atoms with Gasteiger partial charge in [-0.3, -0.25) is 4.98 Å². The molecule has 8 heteroatoms. The summed E-state index contributed by atoms with van der Waals surface area (Å²) in [5.74, 6) is 1.08. The molecule has 3 rings (SSSR count). The van der Waals surface area contributed by atoms with Crippen LogP contribution < -0.4 is 9.47 Å². The molecule has 0 saturated carbocycles. The maximum Gasteiger partial charge on any atom is 0.410 e. The first kappa shape index (κ1) is 21.0. The van der Waals surface area contributed by atoms with Crippen LogP contribution in [0.5, 0.6) is 11.5 Å². The van der Waals surface area contributed by atoms with E-state index in [1.165, 1.54) is 6.20 Å². The van der Waals surface area contributed by atoms with Gasteiger partial charge in [0.25, 0.3) is 0 Å². The molecule has 0 unspecified atom stereocenters. The van der Waals surface area contributed by atoms with Crippen molar-refractivity contribution < 1.29 is 19.0 Å². The minimum atomic E-state index is -0.515. The second kappa shape index (κ2) is 8.34. The van der Waals surface area contributed by atoms with E-state index in [0.717, 1.165) is 0 Å². The number of rotatable bonds is 3. The first-order valence-corrected chi connectivity index (χ1v) is 9.80. The summed E-state index contributed by atoms with van der Waals surface area (Å²) in [5.41, 5.74) is 0.414. The first-order valence-electron chi connectivity index (χ1n) is 9.42. The summed E-state index contributed by atoms with van der Waals surface area (Å²) in [6, 6.07) is 5.53. The Morgan fingerprint density at radius 1 is 1.28 bits per heavy atom. The van der Waals surface area contributed by atoms with Crippen LogP contribution in [0.3, 0.4) is 0 Å². The van der Waals surface area contributed by atoms with Crippen LogP contribution in [0, 0.1) is 11.3 Å². The number of pyridine rings is 1. The molecule has 7 nitrogen and oxygen atoms in total. The molecule has 0 bridgehead atoms. The molecule has 1 fully saturated rings. The molecule has 2 aromatic rings. The van der Waals surface area contributed by atoms with E-state index < -0.39 is 5.60 Å². The molecule has 1 saturated heterocycles. The third-order valence-electron chi connectivity index (χ3n) is 4.60. The van der Waals surface area contributed by atoms with Crippen LogP contribution in [0.15, 0.2) is 18.3 Å². The van der Waals surface area contributed by atoms with Crippen LogP contribution in [-0.2, 0) is 4.74 Å². The molecule has 1 aliphatic heterocycles. The van der Waals surface area contributed by atoms with Crippen LogP contribution in [0.25, 0.3) is 10.9 Å². The molecule has 0 spiro atoms. The molecule has 0 atom stereocenters. The van der Waals surface area contributed by atoms with Gasteiger partial charge in [-0.25, -0.2) is 4.79 Å². The van der Waals surface area contributed by atoms with Gasteiger partial charge in [0.05, 0.1) is 23.2 Å². The van der Waals surface area contributed by atoms with Crippen molar-refractivity contribution in [2.75, 3.05) is 20.2 Å². The van der Waals surface area contributed by atoms with Crippen molar-refractivity contribution in [2.45, 2.75) is 45.3 Å². The summed E-state index contributed by atoms with van der Waals surface area (Å²) < 4.78 is 17.0. The number of hydrogen-bond acceptors (Lipinski definition) is 6. The first-order chi connectivity index (χ1) is 13.7. The van der Waals surface area contributed by atoms with Gasteiger partial charge in [0.1, 0.15) is 17.8 Å². The third kappa shape index (κ3) is 4.83. The van der Waals surface area contributed by atoms with Crippen molar-refractivity contribution in [3.05, 3.63) is 28.9 Å². The van der Waals surface area contributed by atoms with Gasteiger partial charge in [-0.1, -0.05) is 11.6 Å². The van der Waals surface area contributed by atoms with Gasteiger partial charge in [0, 0.05) is 43.6 Å². The Morgan fingerprint density at radius 3 is 2.55 bits per heavy atom. The third-order valence-corrected chi connectivity index (χ3v) is 5.00. The number of piperidine rings is 1. The average molecular weight is 418 g/mol. The van der Waals surface area contributed by atoms with E-state index in [0.29, 0.717) is 58.9 Å². The number of carbonyl (C=O) groups excluding carboxylic acids is 1. The van der Waals surface area contributed by atoms with Crippen molar-refractivity contribution in [2.24, 2.45) is 0 Å². The lowest BCUT2D eigenvalue weighted by atomic mass is 10.1. The number of likely N-dealkylation sites (tertiary alicyclic amines) is 1. The maximum absolute atomic E-state index is 12.2. The predicted molar refractivity (Wildman–Crippen MR) is 109 cm³/mol. The maximum atomic E-state index is 12.2. The van der Waals surface area contributed by atoms with Crippen molar-refractivity contribution in [1.82, 2.24) is 9.88 Å². The van der Waals surface area contributed by atoms with E-state index >= 15 is 0 Å². The zero-order valence-electron chi connectivity index (χ0n) is 17.0. The molecular weight excluding hydrogens is 394 g/mol. The Kier molecular flexibility index (Phi) is 6.04. The monoisotopic (exact) mass is 417 g/mol. The summed E-state index contributed by atoms with van der Waals surface area (Å²) in [5, 5.41) is 10.1. The number of halogens is 1.